The van der Waals surface area contributed by atoms with E-state index in [-0.39, 0.29) is 29.7 Å². The summed E-state index contributed by atoms with van der Waals surface area (Å²) in [5.74, 6) is 0.0222. The molecule has 1 saturated carbocycles. The van der Waals surface area contributed by atoms with Gasteiger partial charge < -0.3 is 16.4 Å². The summed E-state index contributed by atoms with van der Waals surface area (Å²) in [5, 5.41) is 0. The summed E-state index contributed by atoms with van der Waals surface area (Å²) in [7, 11) is 0. The lowest BCUT2D eigenvalue weighted by molar-refractivity contribution is -0.141. The van der Waals surface area contributed by atoms with Crippen LogP contribution in [0.1, 0.15) is 32.1 Å². The zero-order chi connectivity index (χ0) is 12.4. The molecule has 96 valence electrons. The Hall–Kier alpha value is -1.10. The van der Waals surface area contributed by atoms with Gasteiger partial charge in [-0.15, -0.1) is 0 Å². The lowest BCUT2D eigenvalue weighted by atomic mass is 9.94. The molecular formula is C12H21N3O2. The maximum atomic E-state index is 12.4. The molecule has 0 aromatic rings. The number of carbonyl (C=O) groups is 2. The minimum atomic E-state index is -0.387. The molecule has 3 atom stereocenters. The zero-order valence-electron chi connectivity index (χ0n) is 10.1. The van der Waals surface area contributed by atoms with Gasteiger partial charge in [-0.25, -0.2) is 0 Å². The van der Waals surface area contributed by atoms with Crippen molar-refractivity contribution in [1.29, 1.82) is 0 Å². The van der Waals surface area contributed by atoms with Gasteiger partial charge in [0.1, 0.15) is 6.04 Å². The summed E-state index contributed by atoms with van der Waals surface area (Å²) in [6.07, 6.45) is 4.58. The average Bonchev–Trinajstić information content (AvgIpc) is 2.96. The summed E-state index contributed by atoms with van der Waals surface area (Å²) in [5.41, 5.74) is 11.0. The van der Waals surface area contributed by atoms with Crippen molar-refractivity contribution in [3.05, 3.63) is 0 Å². The van der Waals surface area contributed by atoms with Gasteiger partial charge in [-0.1, -0.05) is 6.42 Å². The number of nitrogens with zero attached hydrogens (tertiary/aromatic N) is 1. The van der Waals surface area contributed by atoms with E-state index in [0.717, 1.165) is 25.7 Å². The number of hydrogen-bond acceptors (Lipinski definition) is 3. The van der Waals surface area contributed by atoms with Gasteiger partial charge >= 0.3 is 0 Å². The minimum Gasteiger partial charge on any atom is -0.368 e. The largest absolute Gasteiger partial charge is 0.368 e. The third-order valence-electron chi connectivity index (χ3n) is 4.14. The molecule has 5 heteroatoms. The predicted molar refractivity (Wildman–Crippen MR) is 63.8 cm³/mol. The van der Waals surface area contributed by atoms with E-state index in [4.69, 9.17) is 11.5 Å². The van der Waals surface area contributed by atoms with E-state index in [1.165, 1.54) is 0 Å². The highest BCUT2D eigenvalue weighted by Crippen LogP contribution is 2.34. The molecule has 17 heavy (non-hydrogen) atoms. The van der Waals surface area contributed by atoms with Crippen molar-refractivity contribution in [2.75, 3.05) is 13.1 Å². The van der Waals surface area contributed by atoms with Gasteiger partial charge in [0.2, 0.25) is 11.8 Å². The Morgan fingerprint density at radius 3 is 2.59 bits per heavy atom. The molecule has 4 N–H and O–H groups in total. The van der Waals surface area contributed by atoms with Crippen LogP contribution < -0.4 is 11.5 Å². The summed E-state index contributed by atoms with van der Waals surface area (Å²) in [6, 6.07) is -0.387. The Morgan fingerprint density at radius 2 is 1.94 bits per heavy atom. The summed E-state index contributed by atoms with van der Waals surface area (Å²) < 4.78 is 0. The Labute approximate surface area is 102 Å². The number of hydrogen-bond donors (Lipinski definition) is 2. The SMILES string of the molecule is NC[C@H]1CCC[C@H]1C(=O)N1CCCC1C(N)=O. The number of primary amides is 1. The Morgan fingerprint density at radius 1 is 1.18 bits per heavy atom. The van der Waals surface area contributed by atoms with Crippen molar-refractivity contribution in [1.82, 2.24) is 4.90 Å². The van der Waals surface area contributed by atoms with E-state index < -0.39 is 0 Å². The van der Waals surface area contributed by atoms with Crippen molar-refractivity contribution in [3.8, 4) is 0 Å². The molecule has 0 spiro atoms. The Balaban J connectivity index is 2.06. The van der Waals surface area contributed by atoms with Crippen LogP contribution in [0.3, 0.4) is 0 Å². The Bertz CT molecular complexity index is 319. The molecule has 0 aromatic heterocycles. The van der Waals surface area contributed by atoms with Crippen molar-refractivity contribution in [3.63, 3.8) is 0 Å². The van der Waals surface area contributed by atoms with E-state index in [2.05, 4.69) is 0 Å². The molecule has 0 radical (unpaired) electrons. The molecule has 0 bridgehead atoms. The number of amides is 2. The van der Waals surface area contributed by atoms with E-state index in [1.807, 2.05) is 0 Å². The lowest BCUT2D eigenvalue weighted by Gasteiger charge is -2.27. The normalized spacial score (nSPS) is 33.0. The third kappa shape index (κ3) is 2.29. The first-order valence-corrected chi connectivity index (χ1v) is 6.45. The van der Waals surface area contributed by atoms with Crippen molar-refractivity contribution < 1.29 is 9.59 Å². The van der Waals surface area contributed by atoms with E-state index >= 15 is 0 Å². The average molecular weight is 239 g/mol. The van der Waals surface area contributed by atoms with Crippen LogP contribution in [0.25, 0.3) is 0 Å². The van der Waals surface area contributed by atoms with Gasteiger partial charge in [-0.3, -0.25) is 9.59 Å². The molecule has 5 nitrogen and oxygen atoms in total. The van der Waals surface area contributed by atoms with Crippen LogP contribution >= 0.6 is 0 Å². The monoisotopic (exact) mass is 239 g/mol. The highest BCUT2D eigenvalue weighted by molar-refractivity contribution is 5.88. The summed E-state index contributed by atoms with van der Waals surface area (Å²) in [6.45, 7) is 1.23. The summed E-state index contributed by atoms with van der Waals surface area (Å²) >= 11 is 0. The molecule has 1 unspecified atom stereocenters. The third-order valence-corrected chi connectivity index (χ3v) is 4.14. The standard InChI is InChI=1S/C12H21N3O2/c13-7-8-3-1-4-9(8)12(17)15-6-2-5-10(15)11(14)16/h8-10H,1-7,13H2,(H2,14,16)/t8-,9-,10?/m1/s1. The van der Waals surface area contributed by atoms with Crippen LogP contribution in [0, 0.1) is 11.8 Å². The molecular weight excluding hydrogens is 218 g/mol. The smallest absolute Gasteiger partial charge is 0.240 e. The molecule has 2 aliphatic rings. The van der Waals surface area contributed by atoms with Crippen molar-refractivity contribution in [2.24, 2.45) is 23.3 Å². The molecule has 1 aliphatic carbocycles. The van der Waals surface area contributed by atoms with Crippen molar-refractivity contribution in [2.45, 2.75) is 38.1 Å². The van der Waals surface area contributed by atoms with Gasteiger partial charge in [0, 0.05) is 12.5 Å². The number of likely N-dealkylation sites (tertiary alicyclic amines) is 1. The molecule has 2 amide bonds. The first-order valence-electron chi connectivity index (χ1n) is 6.45. The lowest BCUT2D eigenvalue weighted by Crippen LogP contribution is -2.47. The minimum absolute atomic E-state index is 0.0138. The molecule has 1 aliphatic heterocycles. The van der Waals surface area contributed by atoms with Crippen LogP contribution in [0.2, 0.25) is 0 Å². The number of carbonyl (C=O) groups excluding carboxylic acids is 2. The predicted octanol–water partition coefficient (Wildman–Crippen LogP) is -0.162. The van der Waals surface area contributed by atoms with Crippen LogP contribution in [0.5, 0.6) is 0 Å². The quantitative estimate of drug-likeness (QED) is 0.717. The van der Waals surface area contributed by atoms with Crippen LogP contribution in [-0.4, -0.2) is 35.8 Å². The maximum Gasteiger partial charge on any atom is 0.240 e. The van der Waals surface area contributed by atoms with Gasteiger partial charge in [-0.05, 0) is 38.1 Å². The van der Waals surface area contributed by atoms with Crippen molar-refractivity contribution >= 4 is 11.8 Å². The number of rotatable bonds is 3. The van der Waals surface area contributed by atoms with E-state index in [9.17, 15) is 9.59 Å². The van der Waals surface area contributed by atoms with Gasteiger partial charge in [0.05, 0.1) is 0 Å². The second kappa shape index (κ2) is 5.04. The topological polar surface area (TPSA) is 89.4 Å². The first-order chi connectivity index (χ1) is 8.15. The molecule has 1 saturated heterocycles. The highest BCUT2D eigenvalue weighted by atomic mass is 16.2. The maximum absolute atomic E-state index is 12.4. The fourth-order valence-corrected chi connectivity index (χ4v) is 3.18. The van der Waals surface area contributed by atoms with Crippen LogP contribution in [0.4, 0.5) is 0 Å². The van der Waals surface area contributed by atoms with Gasteiger partial charge in [0.15, 0.2) is 0 Å². The van der Waals surface area contributed by atoms with Crippen LogP contribution in [-0.2, 0) is 9.59 Å². The second-order valence-electron chi connectivity index (χ2n) is 5.13. The molecule has 1 heterocycles. The fraction of sp³-hybridized carbons (Fsp3) is 0.833. The van der Waals surface area contributed by atoms with E-state index in [0.29, 0.717) is 19.5 Å². The molecule has 0 aromatic carbocycles. The zero-order valence-corrected chi connectivity index (χ0v) is 10.1. The molecule has 2 rings (SSSR count). The van der Waals surface area contributed by atoms with E-state index in [1.54, 1.807) is 4.90 Å². The van der Waals surface area contributed by atoms with Crippen LogP contribution in [0.15, 0.2) is 0 Å². The second-order valence-corrected chi connectivity index (χ2v) is 5.13. The fourth-order valence-electron chi connectivity index (χ4n) is 3.18. The molecule has 2 fully saturated rings. The number of nitrogens with two attached hydrogens (primary N) is 2. The highest BCUT2D eigenvalue weighted by Gasteiger charge is 2.40. The first kappa shape index (κ1) is 12.4. The van der Waals surface area contributed by atoms with Gasteiger partial charge in [-0.2, -0.15) is 0 Å². The van der Waals surface area contributed by atoms with Gasteiger partial charge in [0.25, 0.3) is 0 Å². The Kier molecular flexibility index (Phi) is 3.66. The summed E-state index contributed by atoms with van der Waals surface area (Å²) in [4.78, 5) is 25.4.